The van der Waals surface area contributed by atoms with Gasteiger partial charge in [-0.15, -0.1) is 12.4 Å². The SMILES string of the molecule is C1CC2(CN1)COCCOC2.Cl. The van der Waals surface area contributed by atoms with Crippen LogP contribution in [-0.4, -0.2) is 39.5 Å². The molecule has 1 spiro atoms. The van der Waals surface area contributed by atoms with E-state index in [1.165, 1.54) is 6.42 Å². The first kappa shape index (κ1) is 10.3. The first-order valence-electron chi connectivity index (χ1n) is 4.28. The summed E-state index contributed by atoms with van der Waals surface area (Å²) in [5.74, 6) is 0. The number of hydrogen-bond acceptors (Lipinski definition) is 3. The summed E-state index contributed by atoms with van der Waals surface area (Å²) < 4.78 is 10.9. The van der Waals surface area contributed by atoms with E-state index in [4.69, 9.17) is 9.47 Å². The standard InChI is InChI=1S/C8H15NO2.ClH/c1-2-9-5-8(1)6-10-3-4-11-7-8;/h9H,1-7H2;1H. The van der Waals surface area contributed by atoms with Crippen molar-refractivity contribution in [3.63, 3.8) is 0 Å². The average molecular weight is 194 g/mol. The minimum Gasteiger partial charge on any atom is -0.378 e. The van der Waals surface area contributed by atoms with Crippen molar-refractivity contribution in [3.8, 4) is 0 Å². The molecule has 0 aromatic rings. The number of hydrogen-bond donors (Lipinski definition) is 1. The summed E-state index contributed by atoms with van der Waals surface area (Å²) in [5, 5.41) is 3.35. The molecule has 2 aliphatic heterocycles. The zero-order valence-electron chi connectivity index (χ0n) is 7.17. The first-order valence-corrected chi connectivity index (χ1v) is 4.28. The number of nitrogens with one attached hydrogen (secondary N) is 1. The van der Waals surface area contributed by atoms with Gasteiger partial charge in [-0.25, -0.2) is 0 Å². The fourth-order valence-corrected chi connectivity index (χ4v) is 1.78. The monoisotopic (exact) mass is 193 g/mol. The van der Waals surface area contributed by atoms with Gasteiger partial charge in [-0.1, -0.05) is 0 Å². The average Bonchev–Trinajstić information content (AvgIpc) is 2.32. The second-order valence-electron chi connectivity index (χ2n) is 3.53. The lowest BCUT2D eigenvalue weighted by atomic mass is 9.89. The van der Waals surface area contributed by atoms with Crippen molar-refractivity contribution in [1.29, 1.82) is 0 Å². The quantitative estimate of drug-likeness (QED) is 0.606. The Bertz CT molecular complexity index is 127. The molecule has 2 rings (SSSR count). The van der Waals surface area contributed by atoms with Crippen LogP contribution in [0.15, 0.2) is 0 Å². The van der Waals surface area contributed by atoms with Gasteiger partial charge in [-0.3, -0.25) is 0 Å². The van der Waals surface area contributed by atoms with E-state index in [1.54, 1.807) is 0 Å². The molecular formula is C8H16ClNO2. The maximum Gasteiger partial charge on any atom is 0.0700 e. The van der Waals surface area contributed by atoms with Crippen LogP contribution in [0.2, 0.25) is 0 Å². The molecule has 0 aliphatic carbocycles. The minimum atomic E-state index is 0. The molecule has 0 aromatic carbocycles. The Morgan fingerprint density at radius 1 is 1.08 bits per heavy atom. The van der Waals surface area contributed by atoms with Crippen LogP contribution in [0, 0.1) is 5.41 Å². The van der Waals surface area contributed by atoms with Crippen molar-refractivity contribution in [2.45, 2.75) is 6.42 Å². The summed E-state index contributed by atoms with van der Waals surface area (Å²) in [6.07, 6.45) is 1.20. The zero-order chi connectivity index (χ0) is 7.57. The Hall–Kier alpha value is 0.170. The van der Waals surface area contributed by atoms with Gasteiger partial charge in [-0.2, -0.15) is 0 Å². The normalized spacial score (nSPS) is 28.0. The number of halogens is 1. The van der Waals surface area contributed by atoms with Crippen molar-refractivity contribution >= 4 is 12.4 Å². The van der Waals surface area contributed by atoms with E-state index >= 15 is 0 Å². The number of ether oxygens (including phenoxy) is 2. The molecule has 0 unspecified atom stereocenters. The van der Waals surface area contributed by atoms with Gasteiger partial charge in [0.1, 0.15) is 0 Å². The first-order chi connectivity index (χ1) is 5.41. The lowest BCUT2D eigenvalue weighted by molar-refractivity contribution is 0.0670. The maximum atomic E-state index is 5.47. The summed E-state index contributed by atoms with van der Waals surface area (Å²) in [4.78, 5) is 0. The zero-order valence-corrected chi connectivity index (χ0v) is 7.99. The predicted octanol–water partition coefficient (Wildman–Crippen LogP) is 0.435. The fourth-order valence-electron chi connectivity index (χ4n) is 1.78. The molecule has 72 valence electrons. The summed E-state index contributed by atoms with van der Waals surface area (Å²) in [5.41, 5.74) is 0.302. The van der Waals surface area contributed by atoms with E-state index < -0.39 is 0 Å². The highest BCUT2D eigenvalue weighted by atomic mass is 35.5. The molecule has 2 fully saturated rings. The Kier molecular flexibility index (Phi) is 3.77. The topological polar surface area (TPSA) is 30.5 Å². The molecule has 0 saturated carbocycles. The van der Waals surface area contributed by atoms with E-state index in [9.17, 15) is 0 Å². The molecule has 2 heterocycles. The molecular weight excluding hydrogens is 178 g/mol. The second kappa shape index (κ2) is 4.42. The molecule has 12 heavy (non-hydrogen) atoms. The van der Waals surface area contributed by atoms with Gasteiger partial charge in [0.2, 0.25) is 0 Å². The van der Waals surface area contributed by atoms with Crippen LogP contribution in [0.25, 0.3) is 0 Å². The van der Waals surface area contributed by atoms with Crippen molar-refractivity contribution in [1.82, 2.24) is 5.32 Å². The van der Waals surface area contributed by atoms with Gasteiger partial charge in [0.05, 0.1) is 26.4 Å². The molecule has 0 bridgehead atoms. The van der Waals surface area contributed by atoms with Crippen molar-refractivity contribution in [3.05, 3.63) is 0 Å². The highest BCUT2D eigenvalue weighted by Crippen LogP contribution is 2.27. The van der Waals surface area contributed by atoms with E-state index in [1.807, 2.05) is 0 Å². The number of rotatable bonds is 0. The van der Waals surface area contributed by atoms with Crippen LogP contribution in [0.3, 0.4) is 0 Å². The van der Waals surface area contributed by atoms with Crippen LogP contribution in [0.4, 0.5) is 0 Å². The molecule has 3 nitrogen and oxygen atoms in total. The van der Waals surface area contributed by atoms with Crippen molar-refractivity contribution in [2.24, 2.45) is 5.41 Å². The third-order valence-corrected chi connectivity index (χ3v) is 2.52. The molecule has 0 atom stereocenters. The van der Waals surface area contributed by atoms with Gasteiger partial charge in [0.15, 0.2) is 0 Å². The molecule has 2 saturated heterocycles. The second-order valence-corrected chi connectivity index (χ2v) is 3.53. The van der Waals surface area contributed by atoms with Gasteiger partial charge < -0.3 is 14.8 Å². The molecule has 4 heteroatoms. The van der Waals surface area contributed by atoms with E-state index in [-0.39, 0.29) is 12.4 Å². The third kappa shape index (κ3) is 2.10. The highest BCUT2D eigenvalue weighted by Gasteiger charge is 2.35. The molecule has 0 amide bonds. The van der Waals surface area contributed by atoms with Gasteiger partial charge in [0, 0.05) is 12.0 Å². The van der Waals surface area contributed by atoms with Crippen LogP contribution >= 0.6 is 12.4 Å². The molecule has 0 radical (unpaired) electrons. The molecule has 2 aliphatic rings. The summed E-state index contributed by atoms with van der Waals surface area (Å²) in [6, 6.07) is 0. The summed E-state index contributed by atoms with van der Waals surface area (Å²) in [7, 11) is 0. The van der Waals surface area contributed by atoms with Crippen LogP contribution in [0.1, 0.15) is 6.42 Å². The summed E-state index contributed by atoms with van der Waals surface area (Å²) >= 11 is 0. The van der Waals surface area contributed by atoms with Gasteiger partial charge in [0.25, 0.3) is 0 Å². The largest absolute Gasteiger partial charge is 0.378 e. The Labute approximate surface area is 79.2 Å². The molecule has 0 aromatic heterocycles. The van der Waals surface area contributed by atoms with Crippen molar-refractivity contribution in [2.75, 3.05) is 39.5 Å². The summed E-state index contributed by atoms with van der Waals surface area (Å²) in [6.45, 7) is 5.46. The third-order valence-electron chi connectivity index (χ3n) is 2.52. The Morgan fingerprint density at radius 3 is 2.25 bits per heavy atom. The van der Waals surface area contributed by atoms with Gasteiger partial charge in [-0.05, 0) is 13.0 Å². The lowest BCUT2D eigenvalue weighted by Gasteiger charge is -2.24. The molecule has 1 N–H and O–H groups in total. The Morgan fingerprint density at radius 2 is 1.75 bits per heavy atom. The van der Waals surface area contributed by atoms with Gasteiger partial charge >= 0.3 is 0 Å². The van der Waals surface area contributed by atoms with Crippen LogP contribution in [-0.2, 0) is 9.47 Å². The van der Waals surface area contributed by atoms with Crippen LogP contribution < -0.4 is 5.32 Å². The fraction of sp³-hybridized carbons (Fsp3) is 1.00. The highest BCUT2D eigenvalue weighted by molar-refractivity contribution is 5.85. The van der Waals surface area contributed by atoms with E-state index in [0.29, 0.717) is 5.41 Å². The van der Waals surface area contributed by atoms with Crippen LogP contribution in [0.5, 0.6) is 0 Å². The van der Waals surface area contributed by atoms with E-state index in [0.717, 1.165) is 39.5 Å². The lowest BCUT2D eigenvalue weighted by Crippen LogP contribution is -2.32. The Balaban J connectivity index is 0.000000720. The maximum absolute atomic E-state index is 5.47. The van der Waals surface area contributed by atoms with Crippen molar-refractivity contribution < 1.29 is 9.47 Å². The minimum absolute atomic E-state index is 0. The van der Waals surface area contributed by atoms with E-state index in [2.05, 4.69) is 5.32 Å². The smallest absolute Gasteiger partial charge is 0.0700 e. The predicted molar refractivity (Wildman–Crippen MR) is 48.8 cm³/mol.